The molecule has 8 nitrogen and oxygen atoms in total. The molecule has 2 rings (SSSR count). The lowest BCUT2D eigenvalue weighted by Gasteiger charge is -2.37. The highest BCUT2D eigenvalue weighted by Crippen LogP contribution is 2.32. The summed E-state index contributed by atoms with van der Waals surface area (Å²) in [4.78, 5) is 35.7. The van der Waals surface area contributed by atoms with E-state index in [0.29, 0.717) is 19.4 Å². The highest BCUT2D eigenvalue weighted by Gasteiger charge is 2.39. The van der Waals surface area contributed by atoms with Crippen molar-refractivity contribution in [1.29, 1.82) is 0 Å². The van der Waals surface area contributed by atoms with Crippen LogP contribution in [0.4, 0.5) is 5.69 Å². The average Bonchev–Trinajstić information content (AvgIpc) is 2.53. The second kappa shape index (κ2) is 6.23. The fraction of sp³-hybridized carbons (Fsp3) is 0.467. The number of nitro groups is 1. The van der Waals surface area contributed by atoms with Gasteiger partial charge in [-0.25, -0.2) is 0 Å². The van der Waals surface area contributed by atoms with Gasteiger partial charge in [0, 0.05) is 30.8 Å². The highest BCUT2D eigenvalue weighted by atomic mass is 16.6. The Morgan fingerprint density at radius 2 is 2.13 bits per heavy atom. The van der Waals surface area contributed by atoms with Crippen molar-refractivity contribution in [2.24, 2.45) is 5.41 Å². The molecule has 1 aliphatic heterocycles. The molecule has 1 saturated heterocycles. The number of nitrogens with zero attached hydrogens (tertiary/aromatic N) is 2. The summed E-state index contributed by atoms with van der Waals surface area (Å²) >= 11 is 0. The number of carboxylic acid groups (broad SMARTS) is 1. The van der Waals surface area contributed by atoms with Gasteiger partial charge in [-0.2, -0.15) is 0 Å². The summed E-state index contributed by atoms with van der Waals surface area (Å²) in [5.41, 5.74) is -0.959. The van der Waals surface area contributed by atoms with Gasteiger partial charge in [0.25, 0.3) is 5.91 Å². The van der Waals surface area contributed by atoms with E-state index in [4.69, 9.17) is 4.74 Å². The minimum atomic E-state index is -0.973. The van der Waals surface area contributed by atoms with E-state index in [1.165, 1.54) is 30.2 Å². The van der Waals surface area contributed by atoms with E-state index in [9.17, 15) is 24.8 Å². The molecule has 1 N–H and O–H groups in total. The Hall–Kier alpha value is -2.64. The maximum absolute atomic E-state index is 12.6. The first-order chi connectivity index (χ1) is 10.8. The molecule has 8 heteroatoms. The number of ether oxygens (including phenoxy) is 1. The van der Waals surface area contributed by atoms with Gasteiger partial charge in [0.2, 0.25) is 0 Å². The van der Waals surface area contributed by atoms with Crippen molar-refractivity contribution in [3.63, 3.8) is 0 Å². The van der Waals surface area contributed by atoms with E-state index in [1.807, 2.05) is 0 Å². The van der Waals surface area contributed by atoms with Crippen molar-refractivity contribution >= 4 is 17.6 Å². The lowest BCUT2D eigenvalue weighted by Crippen LogP contribution is -2.48. The first kappa shape index (κ1) is 16.7. The number of amides is 1. The molecule has 0 saturated carbocycles. The van der Waals surface area contributed by atoms with Crippen molar-refractivity contribution < 1.29 is 24.4 Å². The number of rotatable bonds is 4. The number of hydrogen-bond acceptors (Lipinski definition) is 5. The molecule has 1 heterocycles. The van der Waals surface area contributed by atoms with Crippen LogP contribution in [-0.2, 0) is 4.79 Å². The fourth-order valence-corrected chi connectivity index (χ4v) is 2.73. The van der Waals surface area contributed by atoms with E-state index >= 15 is 0 Å². The molecular formula is C15H18N2O6. The summed E-state index contributed by atoms with van der Waals surface area (Å²) in [6.45, 7) is 2.19. The number of hydrogen-bond donors (Lipinski definition) is 1. The Morgan fingerprint density at radius 1 is 1.43 bits per heavy atom. The molecule has 0 radical (unpaired) electrons. The van der Waals surface area contributed by atoms with Crippen LogP contribution in [0.1, 0.15) is 30.1 Å². The molecule has 1 aliphatic rings. The number of benzene rings is 1. The summed E-state index contributed by atoms with van der Waals surface area (Å²) in [6.07, 6.45) is 1.11. The zero-order valence-corrected chi connectivity index (χ0v) is 12.9. The Labute approximate surface area is 132 Å². The minimum absolute atomic E-state index is 0.00106. The summed E-state index contributed by atoms with van der Waals surface area (Å²) in [5, 5.41) is 20.2. The predicted molar refractivity (Wildman–Crippen MR) is 80.5 cm³/mol. The summed E-state index contributed by atoms with van der Waals surface area (Å²) in [5.74, 6) is -1.29. The van der Waals surface area contributed by atoms with Crippen LogP contribution in [-0.4, -0.2) is 47.0 Å². The fourth-order valence-electron chi connectivity index (χ4n) is 2.73. The third kappa shape index (κ3) is 3.25. The number of likely N-dealkylation sites (tertiary alicyclic amines) is 1. The van der Waals surface area contributed by atoms with Crippen LogP contribution >= 0.6 is 0 Å². The van der Waals surface area contributed by atoms with Crippen molar-refractivity contribution in [2.75, 3.05) is 20.2 Å². The van der Waals surface area contributed by atoms with E-state index in [0.717, 1.165) is 0 Å². The Morgan fingerprint density at radius 3 is 2.70 bits per heavy atom. The zero-order chi connectivity index (χ0) is 17.2. The second-order valence-electron chi connectivity index (χ2n) is 5.84. The van der Waals surface area contributed by atoms with Crippen LogP contribution in [0.15, 0.2) is 18.2 Å². The van der Waals surface area contributed by atoms with Crippen molar-refractivity contribution in [3.05, 3.63) is 33.9 Å². The number of carbonyl (C=O) groups is 2. The van der Waals surface area contributed by atoms with Crippen LogP contribution in [0, 0.1) is 15.5 Å². The molecule has 1 amide bonds. The topological polar surface area (TPSA) is 110 Å². The standard InChI is InChI=1S/C15H18N2O6/c1-15(14(19)20)6-3-7-16(9-15)13(18)10-4-5-11(17(21)22)12(8-10)23-2/h4-5,8H,3,6-7,9H2,1-2H3,(H,19,20). The van der Waals surface area contributed by atoms with E-state index in [2.05, 4.69) is 0 Å². The lowest BCUT2D eigenvalue weighted by atomic mass is 9.82. The van der Waals surface area contributed by atoms with Gasteiger partial charge >= 0.3 is 11.7 Å². The van der Waals surface area contributed by atoms with Crippen LogP contribution in [0.5, 0.6) is 5.75 Å². The predicted octanol–water partition coefficient (Wildman–Crippen LogP) is 1.93. The number of methoxy groups -OCH3 is 1. The number of piperidine rings is 1. The number of nitro benzene ring substituents is 1. The van der Waals surface area contributed by atoms with Crippen LogP contribution in [0.3, 0.4) is 0 Å². The molecule has 1 fully saturated rings. The van der Waals surface area contributed by atoms with Crippen molar-refractivity contribution in [3.8, 4) is 5.75 Å². The summed E-state index contributed by atoms with van der Waals surface area (Å²) in [7, 11) is 1.29. The normalized spacial score (nSPS) is 20.9. The highest BCUT2D eigenvalue weighted by molar-refractivity contribution is 5.95. The van der Waals surface area contributed by atoms with E-state index in [1.54, 1.807) is 6.92 Å². The average molecular weight is 322 g/mol. The minimum Gasteiger partial charge on any atom is -0.490 e. The zero-order valence-electron chi connectivity index (χ0n) is 12.9. The molecule has 0 bridgehead atoms. The maximum Gasteiger partial charge on any atom is 0.311 e. The molecule has 1 aromatic rings. The van der Waals surface area contributed by atoms with Gasteiger partial charge in [0.1, 0.15) is 0 Å². The van der Waals surface area contributed by atoms with Crippen LogP contribution in [0.2, 0.25) is 0 Å². The quantitative estimate of drug-likeness (QED) is 0.670. The van der Waals surface area contributed by atoms with Gasteiger partial charge in [-0.3, -0.25) is 19.7 Å². The van der Waals surface area contributed by atoms with Gasteiger partial charge in [-0.05, 0) is 25.8 Å². The summed E-state index contributed by atoms with van der Waals surface area (Å²) < 4.78 is 4.96. The SMILES string of the molecule is COc1cc(C(=O)N2CCCC(C)(C(=O)O)C2)ccc1[N+](=O)[O-]. The van der Waals surface area contributed by atoms with Crippen molar-refractivity contribution in [1.82, 2.24) is 4.90 Å². The number of carbonyl (C=O) groups excluding carboxylic acids is 1. The van der Waals surface area contributed by atoms with Crippen LogP contribution in [0.25, 0.3) is 0 Å². The first-order valence-electron chi connectivity index (χ1n) is 7.13. The van der Waals surface area contributed by atoms with Gasteiger partial charge in [0.15, 0.2) is 5.75 Å². The maximum atomic E-state index is 12.6. The lowest BCUT2D eigenvalue weighted by molar-refractivity contribution is -0.385. The molecule has 0 aromatic heterocycles. The van der Waals surface area contributed by atoms with Crippen LogP contribution < -0.4 is 4.74 Å². The third-order valence-electron chi connectivity index (χ3n) is 4.12. The third-order valence-corrected chi connectivity index (χ3v) is 4.12. The van der Waals surface area contributed by atoms with Gasteiger partial charge in [-0.1, -0.05) is 0 Å². The first-order valence-corrected chi connectivity index (χ1v) is 7.13. The summed E-state index contributed by atoms with van der Waals surface area (Å²) in [6, 6.07) is 3.88. The molecule has 1 aromatic carbocycles. The molecule has 124 valence electrons. The largest absolute Gasteiger partial charge is 0.490 e. The smallest absolute Gasteiger partial charge is 0.311 e. The van der Waals surface area contributed by atoms with E-state index in [-0.39, 0.29) is 29.5 Å². The molecule has 1 unspecified atom stereocenters. The van der Waals surface area contributed by atoms with Crippen molar-refractivity contribution in [2.45, 2.75) is 19.8 Å². The number of carboxylic acids is 1. The Bertz CT molecular complexity index is 659. The van der Waals surface area contributed by atoms with Gasteiger partial charge in [-0.15, -0.1) is 0 Å². The monoisotopic (exact) mass is 322 g/mol. The molecule has 0 spiro atoms. The molecule has 0 aliphatic carbocycles. The molecular weight excluding hydrogens is 304 g/mol. The number of aliphatic carboxylic acids is 1. The molecule has 1 atom stereocenters. The second-order valence-corrected chi connectivity index (χ2v) is 5.84. The van der Waals surface area contributed by atoms with E-state index < -0.39 is 16.3 Å². The van der Waals surface area contributed by atoms with Gasteiger partial charge in [0.05, 0.1) is 17.4 Å². The van der Waals surface area contributed by atoms with Gasteiger partial charge < -0.3 is 14.7 Å². The Kier molecular flexibility index (Phi) is 4.53. The molecule has 23 heavy (non-hydrogen) atoms. The Balaban J connectivity index is 2.26.